The van der Waals surface area contributed by atoms with Gasteiger partial charge in [0.25, 0.3) is 0 Å². The van der Waals surface area contributed by atoms with E-state index in [4.69, 9.17) is 0 Å². The molecule has 0 saturated carbocycles. The predicted octanol–water partition coefficient (Wildman–Crippen LogP) is 13.6. The Bertz CT molecular complexity index is 2680. The van der Waals surface area contributed by atoms with Crippen LogP contribution < -0.4 is 4.90 Å². The minimum absolute atomic E-state index is 1.14. The fourth-order valence-electron chi connectivity index (χ4n) is 8.02. The molecule has 0 unspecified atom stereocenters. The standard InChI is InChI=1S/C48H31N/c1-2-16-35(17-3-1)49-46-27-11-10-23-42(46)38-19-5-6-20-39(38)43-29-28-33(31-47(43)49)32-14-12-15-34(30-32)36-25-13-26-45-41-21-7-4-18-37(41)40-22-8-9-24-44(40)48(36)45/h1-31H. The highest BCUT2D eigenvalue weighted by Crippen LogP contribution is 2.51. The van der Waals surface area contributed by atoms with E-state index in [2.05, 4.69) is 193 Å². The topological polar surface area (TPSA) is 3.24 Å². The maximum absolute atomic E-state index is 2.43. The Morgan fingerprint density at radius 1 is 0.265 bits per heavy atom. The van der Waals surface area contributed by atoms with Crippen LogP contribution >= 0.6 is 0 Å². The highest BCUT2D eigenvalue weighted by molar-refractivity contribution is 6.28. The minimum Gasteiger partial charge on any atom is -0.309 e. The maximum Gasteiger partial charge on any atom is 0.0546 e. The molecule has 0 bridgehead atoms. The molecule has 0 saturated heterocycles. The SMILES string of the molecule is c1ccc(N2c3ccccc3-c3ccccc3-c3ccc(-c4cccc(-c5cccc6c7ccccc7c7ccccc7c56)c4)cc32)cc1. The Hall–Kier alpha value is -6.44. The van der Waals surface area contributed by atoms with E-state index >= 15 is 0 Å². The summed E-state index contributed by atoms with van der Waals surface area (Å²) in [6.45, 7) is 0. The molecule has 0 atom stereocenters. The molecule has 0 amide bonds. The van der Waals surface area contributed by atoms with E-state index in [0.717, 1.165) is 5.69 Å². The molecule has 49 heavy (non-hydrogen) atoms. The summed E-state index contributed by atoms with van der Waals surface area (Å²) in [5, 5.41) is 7.77. The normalized spacial score (nSPS) is 12.0. The highest BCUT2D eigenvalue weighted by atomic mass is 15.1. The van der Waals surface area contributed by atoms with Crippen LogP contribution in [0, 0.1) is 0 Å². The molecule has 1 heterocycles. The van der Waals surface area contributed by atoms with Crippen LogP contribution in [0.4, 0.5) is 17.1 Å². The van der Waals surface area contributed by atoms with E-state index in [-0.39, 0.29) is 0 Å². The lowest BCUT2D eigenvalue weighted by atomic mass is 9.88. The molecule has 0 spiro atoms. The van der Waals surface area contributed by atoms with E-state index in [0.29, 0.717) is 0 Å². The van der Waals surface area contributed by atoms with Gasteiger partial charge in [-0.25, -0.2) is 0 Å². The molecule has 1 heteroatoms. The number of benzene rings is 9. The second kappa shape index (κ2) is 11.1. The Morgan fingerprint density at radius 2 is 0.755 bits per heavy atom. The molecule has 0 aliphatic carbocycles. The summed E-state index contributed by atoms with van der Waals surface area (Å²) >= 11 is 0. The van der Waals surface area contributed by atoms with Crippen LogP contribution in [-0.2, 0) is 0 Å². The Kier molecular flexibility index (Phi) is 6.25. The lowest BCUT2D eigenvalue weighted by Gasteiger charge is -2.27. The van der Waals surface area contributed by atoms with Crippen molar-refractivity contribution in [1.82, 2.24) is 0 Å². The van der Waals surface area contributed by atoms with Crippen molar-refractivity contribution >= 4 is 49.4 Å². The summed E-state index contributed by atoms with van der Waals surface area (Å²) in [5.74, 6) is 0. The largest absolute Gasteiger partial charge is 0.309 e. The molecular weight excluding hydrogens is 591 g/mol. The first-order chi connectivity index (χ1) is 24.3. The third kappa shape index (κ3) is 4.33. The summed E-state index contributed by atoms with van der Waals surface area (Å²) in [6.07, 6.45) is 0. The van der Waals surface area contributed by atoms with E-state index in [1.165, 1.54) is 88.2 Å². The summed E-state index contributed by atoms with van der Waals surface area (Å²) in [4.78, 5) is 2.43. The van der Waals surface area contributed by atoms with Crippen molar-refractivity contribution in [1.29, 1.82) is 0 Å². The maximum atomic E-state index is 2.43. The van der Waals surface area contributed by atoms with Gasteiger partial charge in [0, 0.05) is 16.8 Å². The molecule has 10 rings (SSSR count). The summed E-state index contributed by atoms with van der Waals surface area (Å²) < 4.78 is 0. The predicted molar refractivity (Wildman–Crippen MR) is 209 cm³/mol. The van der Waals surface area contributed by atoms with E-state index in [9.17, 15) is 0 Å². The van der Waals surface area contributed by atoms with Gasteiger partial charge >= 0.3 is 0 Å². The van der Waals surface area contributed by atoms with E-state index < -0.39 is 0 Å². The molecule has 0 aromatic heterocycles. The fourth-order valence-corrected chi connectivity index (χ4v) is 8.02. The van der Waals surface area contributed by atoms with Gasteiger partial charge in [-0.2, -0.15) is 0 Å². The summed E-state index contributed by atoms with van der Waals surface area (Å²) in [5.41, 5.74) is 13.3. The molecule has 228 valence electrons. The average molecular weight is 622 g/mol. The average Bonchev–Trinajstić information content (AvgIpc) is 3.30. The molecule has 9 aromatic rings. The van der Waals surface area contributed by atoms with Crippen LogP contribution in [0.1, 0.15) is 0 Å². The van der Waals surface area contributed by atoms with Gasteiger partial charge in [-0.05, 0) is 96.0 Å². The summed E-state index contributed by atoms with van der Waals surface area (Å²) in [7, 11) is 0. The lowest BCUT2D eigenvalue weighted by Crippen LogP contribution is -2.10. The number of hydrogen-bond donors (Lipinski definition) is 0. The van der Waals surface area contributed by atoms with Gasteiger partial charge in [-0.3, -0.25) is 0 Å². The molecule has 0 N–H and O–H groups in total. The summed E-state index contributed by atoms with van der Waals surface area (Å²) in [6, 6.07) is 68.8. The number of anilines is 3. The second-order valence-corrected chi connectivity index (χ2v) is 12.9. The Morgan fingerprint density at radius 3 is 1.49 bits per heavy atom. The first kappa shape index (κ1) is 27.7. The smallest absolute Gasteiger partial charge is 0.0546 e. The van der Waals surface area contributed by atoms with Crippen molar-refractivity contribution in [3.63, 3.8) is 0 Å². The molecular formula is C48H31N. The molecule has 1 aliphatic heterocycles. The molecule has 0 radical (unpaired) electrons. The molecule has 1 aliphatic rings. The first-order valence-electron chi connectivity index (χ1n) is 16.9. The van der Waals surface area contributed by atoms with Crippen molar-refractivity contribution in [2.24, 2.45) is 0 Å². The monoisotopic (exact) mass is 621 g/mol. The third-order valence-corrected chi connectivity index (χ3v) is 10.2. The van der Waals surface area contributed by atoms with Crippen LogP contribution in [-0.4, -0.2) is 0 Å². The van der Waals surface area contributed by atoms with E-state index in [1.807, 2.05) is 0 Å². The van der Waals surface area contributed by atoms with Gasteiger partial charge in [0.15, 0.2) is 0 Å². The molecule has 0 fully saturated rings. The number of fused-ring (bicyclic) bond motifs is 11. The molecule has 1 nitrogen and oxygen atoms in total. The van der Waals surface area contributed by atoms with Crippen LogP contribution in [0.5, 0.6) is 0 Å². The Balaban J connectivity index is 1.20. The quantitative estimate of drug-likeness (QED) is 0.177. The van der Waals surface area contributed by atoms with E-state index in [1.54, 1.807) is 0 Å². The van der Waals surface area contributed by atoms with Crippen LogP contribution in [0.15, 0.2) is 188 Å². The third-order valence-electron chi connectivity index (χ3n) is 10.2. The van der Waals surface area contributed by atoms with Crippen LogP contribution in [0.2, 0.25) is 0 Å². The van der Waals surface area contributed by atoms with Gasteiger partial charge in [-0.1, -0.05) is 158 Å². The zero-order chi connectivity index (χ0) is 32.3. The zero-order valence-electron chi connectivity index (χ0n) is 26.8. The van der Waals surface area contributed by atoms with Crippen molar-refractivity contribution in [3.05, 3.63) is 188 Å². The Labute approximate surface area is 286 Å². The number of para-hydroxylation sites is 2. The number of nitrogens with zero attached hydrogens (tertiary/aromatic N) is 1. The second-order valence-electron chi connectivity index (χ2n) is 12.9. The highest BCUT2D eigenvalue weighted by Gasteiger charge is 2.26. The van der Waals surface area contributed by atoms with Crippen molar-refractivity contribution < 1.29 is 0 Å². The van der Waals surface area contributed by atoms with Gasteiger partial charge in [0.05, 0.1) is 11.4 Å². The van der Waals surface area contributed by atoms with Crippen molar-refractivity contribution in [2.75, 3.05) is 4.90 Å². The molecule has 9 aromatic carbocycles. The van der Waals surface area contributed by atoms with Crippen LogP contribution in [0.25, 0.3) is 76.8 Å². The lowest BCUT2D eigenvalue weighted by molar-refractivity contribution is 1.29. The van der Waals surface area contributed by atoms with Gasteiger partial charge in [0.2, 0.25) is 0 Å². The minimum atomic E-state index is 1.14. The van der Waals surface area contributed by atoms with Crippen molar-refractivity contribution in [2.45, 2.75) is 0 Å². The van der Waals surface area contributed by atoms with Gasteiger partial charge in [0.1, 0.15) is 0 Å². The number of rotatable bonds is 3. The van der Waals surface area contributed by atoms with Crippen molar-refractivity contribution in [3.8, 4) is 44.5 Å². The zero-order valence-corrected chi connectivity index (χ0v) is 26.8. The van der Waals surface area contributed by atoms with Crippen LogP contribution in [0.3, 0.4) is 0 Å². The number of hydrogen-bond acceptors (Lipinski definition) is 1. The fraction of sp³-hybridized carbons (Fsp3) is 0. The van der Waals surface area contributed by atoms with Gasteiger partial charge < -0.3 is 4.90 Å². The van der Waals surface area contributed by atoms with Gasteiger partial charge in [-0.15, -0.1) is 0 Å². The first-order valence-corrected chi connectivity index (χ1v) is 16.9.